The van der Waals surface area contributed by atoms with E-state index in [1.54, 1.807) is 0 Å². The highest BCUT2D eigenvalue weighted by Crippen LogP contribution is 2.12. The second kappa shape index (κ2) is 4.85. The highest BCUT2D eigenvalue weighted by molar-refractivity contribution is 7.93. The first-order chi connectivity index (χ1) is 6.70. The summed E-state index contributed by atoms with van der Waals surface area (Å²) in [4.78, 5) is 9.50. The summed E-state index contributed by atoms with van der Waals surface area (Å²) in [5.41, 5.74) is 0.0712. The van der Waals surface area contributed by atoms with Crippen molar-refractivity contribution in [3.05, 3.63) is 45.0 Å². The molecule has 0 unspecified atom stereocenters. The quantitative estimate of drug-likeness (QED) is 0.442. The molecule has 2 N–H and O–H groups in total. The smallest absolute Gasteiger partial charge is 0.258 e. The lowest BCUT2D eigenvalue weighted by Gasteiger charge is -1.98. The van der Waals surface area contributed by atoms with Gasteiger partial charge >= 0.3 is 0 Å². The average Bonchev–Trinajstić information content (AvgIpc) is 2.01. The predicted octanol–water partition coefficient (Wildman–Crippen LogP) is 0.915. The summed E-state index contributed by atoms with van der Waals surface area (Å²) >= 11 is 0. The Balaban J connectivity index is 5.64. The fraction of sp³-hybridized carbons (Fsp3) is 0.250. The molecule has 0 aliphatic carbocycles. The molecule has 0 amide bonds. The van der Waals surface area contributed by atoms with Crippen LogP contribution in [-0.4, -0.2) is 13.3 Å². The van der Waals surface area contributed by atoms with Crippen molar-refractivity contribution in [1.82, 2.24) is 0 Å². The molecule has 0 aromatic rings. The van der Waals surface area contributed by atoms with Gasteiger partial charge in [0.25, 0.3) is 5.70 Å². The molecule has 0 spiro atoms. The summed E-state index contributed by atoms with van der Waals surface area (Å²) in [7, 11) is -3.97. The minimum atomic E-state index is -3.97. The zero-order chi connectivity index (χ0) is 12.2. The van der Waals surface area contributed by atoms with E-state index in [0.717, 1.165) is 12.2 Å². The Morgan fingerprint density at radius 2 is 1.93 bits per heavy atom. The summed E-state index contributed by atoms with van der Waals surface area (Å²) in [6, 6.07) is 0. The Bertz CT molecular complexity index is 441. The highest BCUT2D eigenvalue weighted by Gasteiger charge is 2.15. The van der Waals surface area contributed by atoms with E-state index < -0.39 is 14.9 Å². The first-order valence-electron chi connectivity index (χ1n) is 3.89. The van der Waals surface area contributed by atoms with Gasteiger partial charge in [0.15, 0.2) is 0 Å². The zero-order valence-electron chi connectivity index (χ0n) is 8.43. The number of nitro groups is 1. The molecule has 0 bridgehead atoms. The van der Waals surface area contributed by atoms with Gasteiger partial charge in [-0.1, -0.05) is 6.58 Å². The molecule has 0 aromatic heterocycles. The predicted molar refractivity (Wildman–Crippen MR) is 56.8 cm³/mol. The molecule has 0 saturated carbocycles. The fourth-order valence-corrected chi connectivity index (χ4v) is 1.28. The molecule has 15 heavy (non-hydrogen) atoms. The van der Waals surface area contributed by atoms with Gasteiger partial charge in [0.1, 0.15) is 0 Å². The van der Waals surface area contributed by atoms with E-state index in [0.29, 0.717) is 5.57 Å². The number of sulfonamides is 1. The topological polar surface area (TPSA) is 103 Å². The summed E-state index contributed by atoms with van der Waals surface area (Å²) in [5, 5.41) is 15.4. The normalized spacial score (nSPS) is 12.1. The Morgan fingerprint density at radius 3 is 2.13 bits per heavy atom. The van der Waals surface area contributed by atoms with Crippen molar-refractivity contribution in [3.8, 4) is 0 Å². The first-order valence-corrected chi connectivity index (χ1v) is 5.43. The van der Waals surface area contributed by atoms with Gasteiger partial charge in [-0.15, -0.1) is 0 Å². The molecule has 0 saturated heterocycles. The lowest BCUT2D eigenvalue weighted by atomic mass is 10.2. The number of nitrogens with zero attached hydrogens (tertiary/aromatic N) is 1. The van der Waals surface area contributed by atoms with Gasteiger partial charge in [-0.3, -0.25) is 10.1 Å². The SMILES string of the molecule is C=C/C(=C\C(=C(C)C)[N+](=O)[O-])S(N)(=O)=O. The van der Waals surface area contributed by atoms with Crippen molar-refractivity contribution >= 4 is 10.0 Å². The number of hydrogen-bond donors (Lipinski definition) is 1. The average molecular weight is 232 g/mol. The summed E-state index contributed by atoms with van der Waals surface area (Å²) < 4.78 is 21.9. The summed E-state index contributed by atoms with van der Waals surface area (Å²) in [6.07, 6.45) is 1.85. The molecule has 84 valence electrons. The molecule has 0 rings (SSSR count). The molecule has 0 atom stereocenters. The Morgan fingerprint density at radius 1 is 1.47 bits per heavy atom. The Hall–Kier alpha value is -1.47. The molecular formula is C8H12N2O4S. The molecule has 0 radical (unpaired) electrons. The first kappa shape index (κ1) is 13.5. The number of rotatable bonds is 4. The van der Waals surface area contributed by atoms with Crippen molar-refractivity contribution in [2.75, 3.05) is 0 Å². The van der Waals surface area contributed by atoms with Gasteiger partial charge in [-0.05, 0) is 19.9 Å². The molecule has 0 fully saturated rings. The van der Waals surface area contributed by atoms with E-state index in [1.165, 1.54) is 13.8 Å². The molecule has 0 aliphatic heterocycles. The second-order valence-electron chi connectivity index (χ2n) is 2.94. The second-order valence-corrected chi connectivity index (χ2v) is 4.50. The maximum Gasteiger partial charge on any atom is 0.269 e. The van der Waals surface area contributed by atoms with Gasteiger partial charge in [0, 0.05) is 11.6 Å². The van der Waals surface area contributed by atoms with Crippen LogP contribution in [0, 0.1) is 10.1 Å². The van der Waals surface area contributed by atoms with E-state index >= 15 is 0 Å². The van der Waals surface area contributed by atoms with Crippen LogP contribution in [0.25, 0.3) is 0 Å². The third-order valence-corrected chi connectivity index (χ3v) is 2.46. The van der Waals surface area contributed by atoms with Crippen LogP contribution in [0.4, 0.5) is 0 Å². The number of hydrogen-bond acceptors (Lipinski definition) is 4. The van der Waals surface area contributed by atoms with Gasteiger partial charge in [-0.25, -0.2) is 13.6 Å². The third kappa shape index (κ3) is 4.05. The Labute approximate surface area is 88.0 Å². The van der Waals surface area contributed by atoms with Crippen molar-refractivity contribution < 1.29 is 13.3 Å². The van der Waals surface area contributed by atoms with Crippen molar-refractivity contribution in [3.63, 3.8) is 0 Å². The third-order valence-electron chi connectivity index (χ3n) is 1.52. The number of nitrogens with two attached hydrogens (primary N) is 1. The van der Waals surface area contributed by atoms with Crippen LogP contribution in [0.15, 0.2) is 34.9 Å². The van der Waals surface area contributed by atoms with Crippen LogP contribution in [0.1, 0.15) is 13.8 Å². The van der Waals surface area contributed by atoms with Crippen LogP contribution >= 0.6 is 0 Å². The van der Waals surface area contributed by atoms with E-state index in [-0.39, 0.29) is 10.6 Å². The van der Waals surface area contributed by atoms with Gasteiger partial charge in [-0.2, -0.15) is 0 Å². The molecule has 6 nitrogen and oxygen atoms in total. The highest BCUT2D eigenvalue weighted by atomic mass is 32.2. The van der Waals surface area contributed by atoms with Crippen LogP contribution in [0.5, 0.6) is 0 Å². The largest absolute Gasteiger partial charge is 0.269 e. The zero-order valence-corrected chi connectivity index (χ0v) is 9.24. The summed E-state index contributed by atoms with van der Waals surface area (Å²) in [5.74, 6) is 0. The fourth-order valence-electron chi connectivity index (χ4n) is 0.772. The van der Waals surface area contributed by atoms with Crippen molar-refractivity contribution in [2.45, 2.75) is 13.8 Å². The lowest BCUT2D eigenvalue weighted by molar-refractivity contribution is -0.420. The van der Waals surface area contributed by atoms with Crippen molar-refractivity contribution in [1.29, 1.82) is 0 Å². The lowest BCUT2D eigenvalue weighted by Crippen LogP contribution is -2.14. The number of allylic oxidation sites excluding steroid dienone is 3. The molecular weight excluding hydrogens is 220 g/mol. The standard InChI is InChI=1S/C8H12N2O4S/c1-4-7(15(9,13)14)5-8(6(2)3)10(11)12/h4-5H,1H2,2-3H3,(H2,9,13,14)/b7-5+. The van der Waals surface area contributed by atoms with Crippen LogP contribution in [-0.2, 0) is 10.0 Å². The molecule has 0 heterocycles. The van der Waals surface area contributed by atoms with Crippen LogP contribution < -0.4 is 5.14 Å². The van der Waals surface area contributed by atoms with E-state index in [2.05, 4.69) is 6.58 Å². The van der Waals surface area contributed by atoms with E-state index in [1.807, 2.05) is 0 Å². The number of primary sulfonamides is 1. The molecule has 7 heteroatoms. The molecule has 0 aliphatic rings. The minimum absolute atomic E-state index is 0.307. The maximum atomic E-state index is 10.9. The summed E-state index contributed by atoms with van der Waals surface area (Å²) in [6.45, 7) is 6.22. The van der Waals surface area contributed by atoms with Crippen molar-refractivity contribution in [2.24, 2.45) is 5.14 Å². The Kier molecular flexibility index (Phi) is 4.38. The van der Waals surface area contributed by atoms with Crippen LogP contribution in [0.2, 0.25) is 0 Å². The van der Waals surface area contributed by atoms with Gasteiger partial charge in [0.2, 0.25) is 10.0 Å². The molecule has 0 aromatic carbocycles. The maximum absolute atomic E-state index is 10.9. The van der Waals surface area contributed by atoms with E-state index in [9.17, 15) is 18.5 Å². The minimum Gasteiger partial charge on any atom is -0.258 e. The van der Waals surface area contributed by atoms with Gasteiger partial charge < -0.3 is 0 Å². The van der Waals surface area contributed by atoms with Gasteiger partial charge in [0.05, 0.1) is 9.83 Å². The van der Waals surface area contributed by atoms with Crippen LogP contribution in [0.3, 0.4) is 0 Å². The van der Waals surface area contributed by atoms with E-state index in [4.69, 9.17) is 5.14 Å². The monoisotopic (exact) mass is 232 g/mol.